The quantitative estimate of drug-likeness (QED) is 0.478. The highest BCUT2D eigenvalue weighted by Crippen LogP contribution is 2.47. The molecular formula is C13H23NO6. The average molecular weight is 289 g/mol. The molecule has 3 saturated heterocycles. The smallest absolute Gasteiger partial charge is 0.163 e. The van der Waals surface area contributed by atoms with Crippen LogP contribution in [0.25, 0.3) is 0 Å². The molecule has 0 radical (unpaired) electrons. The first-order valence-electron chi connectivity index (χ1n) is 7.10. The van der Waals surface area contributed by atoms with Gasteiger partial charge in [0.25, 0.3) is 0 Å². The highest BCUT2D eigenvalue weighted by molar-refractivity contribution is 5.14. The van der Waals surface area contributed by atoms with Crippen molar-refractivity contribution < 1.29 is 29.9 Å². The van der Waals surface area contributed by atoms with Crippen LogP contribution in [0.5, 0.6) is 0 Å². The van der Waals surface area contributed by atoms with Gasteiger partial charge in [0.15, 0.2) is 5.79 Å². The standard InChI is InChI=1S/C13H23NO6/c1-13(2)19-11-6-3-8(17)7(4-15)14(6)10(9(18)5-16)12(11)20-13/h6-12,15-18H,3-5H2,1-2H3/t6-,7-,8-,9+,10-,11+,12-/m0/s1. The van der Waals surface area contributed by atoms with Gasteiger partial charge in [0.1, 0.15) is 12.2 Å². The number of nitrogens with zero attached hydrogens (tertiary/aromatic N) is 1. The predicted molar refractivity (Wildman–Crippen MR) is 67.8 cm³/mol. The number of rotatable bonds is 3. The highest BCUT2D eigenvalue weighted by atomic mass is 16.8. The second-order valence-electron chi connectivity index (χ2n) is 6.37. The minimum Gasteiger partial charge on any atom is -0.395 e. The van der Waals surface area contributed by atoms with E-state index in [4.69, 9.17) is 9.47 Å². The average Bonchev–Trinajstić information content (AvgIpc) is 2.94. The summed E-state index contributed by atoms with van der Waals surface area (Å²) in [6.45, 7) is 3.03. The van der Waals surface area contributed by atoms with Gasteiger partial charge in [-0.2, -0.15) is 0 Å². The Kier molecular flexibility index (Phi) is 3.57. The van der Waals surface area contributed by atoms with E-state index >= 15 is 0 Å². The number of aliphatic hydroxyl groups excluding tert-OH is 4. The molecule has 7 atom stereocenters. The Morgan fingerprint density at radius 2 is 1.90 bits per heavy atom. The van der Waals surface area contributed by atoms with Crippen LogP contribution in [0, 0.1) is 0 Å². The van der Waals surface area contributed by atoms with Crippen molar-refractivity contribution in [1.82, 2.24) is 4.90 Å². The molecule has 3 fully saturated rings. The van der Waals surface area contributed by atoms with E-state index in [0.717, 1.165) is 0 Å². The molecule has 0 amide bonds. The molecule has 3 rings (SSSR count). The molecule has 0 aromatic rings. The number of ether oxygens (including phenoxy) is 2. The second-order valence-corrected chi connectivity index (χ2v) is 6.37. The molecule has 3 heterocycles. The molecule has 116 valence electrons. The van der Waals surface area contributed by atoms with Crippen molar-refractivity contribution in [3.8, 4) is 0 Å². The highest BCUT2D eigenvalue weighted by Gasteiger charge is 2.64. The summed E-state index contributed by atoms with van der Waals surface area (Å²) in [7, 11) is 0. The minimum atomic E-state index is -0.996. The lowest BCUT2D eigenvalue weighted by molar-refractivity contribution is -0.175. The van der Waals surface area contributed by atoms with E-state index < -0.39 is 36.7 Å². The van der Waals surface area contributed by atoms with Crippen molar-refractivity contribution in [2.75, 3.05) is 13.2 Å². The van der Waals surface area contributed by atoms with Crippen molar-refractivity contribution in [3.05, 3.63) is 0 Å². The number of hydrogen-bond donors (Lipinski definition) is 4. The zero-order valence-corrected chi connectivity index (χ0v) is 11.7. The van der Waals surface area contributed by atoms with Crippen LogP contribution in [-0.2, 0) is 9.47 Å². The molecule has 0 spiro atoms. The maximum Gasteiger partial charge on any atom is 0.163 e. The Morgan fingerprint density at radius 3 is 2.50 bits per heavy atom. The summed E-state index contributed by atoms with van der Waals surface area (Å²) in [5.74, 6) is -0.739. The first kappa shape index (κ1) is 14.6. The predicted octanol–water partition coefficient (Wildman–Crippen LogP) is -1.96. The minimum absolute atomic E-state index is 0.111. The molecule has 7 nitrogen and oxygen atoms in total. The summed E-state index contributed by atoms with van der Waals surface area (Å²) < 4.78 is 11.8. The molecule has 3 aliphatic rings. The molecule has 0 aromatic heterocycles. The van der Waals surface area contributed by atoms with Crippen molar-refractivity contribution in [3.63, 3.8) is 0 Å². The van der Waals surface area contributed by atoms with Gasteiger partial charge in [-0.3, -0.25) is 4.90 Å². The normalized spacial score (nSPS) is 48.3. The van der Waals surface area contributed by atoms with Crippen LogP contribution in [-0.4, -0.2) is 86.9 Å². The Hall–Kier alpha value is -0.280. The van der Waals surface area contributed by atoms with Crippen molar-refractivity contribution in [2.45, 2.75) is 68.6 Å². The van der Waals surface area contributed by atoms with Crippen LogP contribution >= 0.6 is 0 Å². The Balaban J connectivity index is 1.92. The summed E-state index contributed by atoms with van der Waals surface area (Å²) in [6, 6.07) is -1.04. The summed E-state index contributed by atoms with van der Waals surface area (Å²) in [5.41, 5.74) is 0. The summed E-state index contributed by atoms with van der Waals surface area (Å²) in [4.78, 5) is 1.87. The van der Waals surface area contributed by atoms with Gasteiger partial charge >= 0.3 is 0 Å². The fraction of sp³-hybridized carbons (Fsp3) is 1.00. The number of aliphatic hydroxyl groups is 4. The van der Waals surface area contributed by atoms with E-state index in [1.54, 1.807) is 0 Å². The van der Waals surface area contributed by atoms with Gasteiger partial charge in [0.05, 0.1) is 37.5 Å². The SMILES string of the molecule is CC1(C)O[C@@H]2[C@H](O1)[C@@H]1C[C@H](O)[C@H](CO)N1[C@H]2[C@H](O)CO. The number of fused-ring (bicyclic) bond motifs is 3. The molecule has 3 aliphatic heterocycles. The second kappa shape index (κ2) is 4.88. The van der Waals surface area contributed by atoms with Gasteiger partial charge in [-0.15, -0.1) is 0 Å². The lowest BCUT2D eigenvalue weighted by Gasteiger charge is -2.35. The van der Waals surface area contributed by atoms with Crippen LogP contribution in [0.3, 0.4) is 0 Å². The van der Waals surface area contributed by atoms with Gasteiger partial charge in [0, 0.05) is 6.04 Å². The summed E-state index contributed by atoms with van der Waals surface area (Å²) >= 11 is 0. The molecule has 0 saturated carbocycles. The third-order valence-electron chi connectivity index (χ3n) is 4.69. The maximum atomic E-state index is 10.1. The Labute approximate surface area is 117 Å². The monoisotopic (exact) mass is 289 g/mol. The molecule has 0 aromatic carbocycles. The topological polar surface area (TPSA) is 103 Å². The van der Waals surface area contributed by atoms with E-state index in [9.17, 15) is 20.4 Å². The van der Waals surface area contributed by atoms with Crippen LogP contribution < -0.4 is 0 Å². The van der Waals surface area contributed by atoms with Gasteiger partial charge in [-0.25, -0.2) is 0 Å². The molecular weight excluding hydrogens is 266 g/mol. The first-order valence-corrected chi connectivity index (χ1v) is 7.10. The Bertz CT molecular complexity index is 378. The van der Waals surface area contributed by atoms with Crippen molar-refractivity contribution >= 4 is 0 Å². The van der Waals surface area contributed by atoms with Gasteiger partial charge in [-0.1, -0.05) is 0 Å². The third kappa shape index (κ3) is 2.00. The lowest BCUT2D eigenvalue weighted by Crippen LogP contribution is -2.53. The first-order chi connectivity index (χ1) is 9.39. The zero-order chi connectivity index (χ0) is 14.7. The van der Waals surface area contributed by atoms with Crippen molar-refractivity contribution in [2.24, 2.45) is 0 Å². The van der Waals surface area contributed by atoms with Crippen LogP contribution in [0.2, 0.25) is 0 Å². The molecule has 0 aliphatic carbocycles. The fourth-order valence-electron chi connectivity index (χ4n) is 4.01. The molecule has 4 N–H and O–H groups in total. The fourth-order valence-corrected chi connectivity index (χ4v) is 4.01. The van der Waals surface area contributed by atoms with E-state index in [-0.39, 0.29) is 24.9 Å². The Morgan fingerprint density at radius 1 is 1.25 bits per heavy atom. The van der Waals surface area contributed by atoms with Gasteiger partial charge in [0.2, 0.25) is 0 Å². The van der Waals surface area contributed by atoms with E-state index in [1.807, 2.05) is 18.7 Å². The summed E-state index contributed by atoms with van der Waals surface area (Å²) in [6.07, 6.45) is -1.81. The van der Waals surface area contributed by atoms with E-state index in [1.165, 1.54) is 0 Å². The molecule has 7 heteroatoms. The van der Waals surface area contributed by atoms with Crippen LogP contribution in [0.15, 0.2) is 0 Å². The van der Waals surface area contributed by atoms with Gasteiger partial charge in [-0.05, 0) is 20.3 Å². The number of hydrogen-bond acceptors (Lipinski definition) is 7. The molecule has 20 heavy (non-hydrogen) atoms. The molecule has 0 unspecified atom stereocenters. The van der Waals surface area contributed by atoms with E-state index in [2.05, 4.69) is 0 Å². The van der Waals surface area contributed by atoms with Gasteiger partial charge < -0.3 is 29.9 Å². The van der Waals surface area contributed by atoms with Crippen LogP contribution in [0.4, 0.5) is 0 Å². The lowest BCUT2D eigenvalue weighted by atomic mass is 9.99. The maximum absolute atomic E-state index is 10.1. The molecule has 0 bridgehead atoms. The zero-order valence-electron chi connectivity index (χ0n) is 11.7. The van der Waals surface area contributed by atoms with Crippen molar-refractivity contribution in [1.29, 1.82) is 0 Å². The summed E-state index contributed by atoms with van der Waals surface area (Å²) in [5, 5.41) is 39.0. The largest absolute Gasteiger partial charge is 0.395 e. The van der Waals surface area contributed by atoms with Crippen LogP contribution in [0.1, 0.15) is 20.3 Å². The van der Waals surface area contributed by atoms with E-state index in [0.29, 0.717) is 6.42 Å². The third-order valence-corrected chi connectivity index (χ3v) is 4.69.